The molecule has 0 aromatic heterocycles. The molecule has 0 saturated heterocycles. The number of hydrogen-bond donors (Lipinski definition) is 1. The second-order valence-corrected chi connectivity index (χ2v) is 11.0. The van der Waals surface area contributed by atoms with Crippen molar-refractivity contribution in [1.82, 2.24) is 10.2 Å². The summed E-state index contributed by atoms with van der Waals surface area (Å²) < 4.78 is 39.0. The van der Waals surface area contributed by atoms with Gasteiger partial charge in [-0.2, -0.15) is 0 Å². The Morgan fingerprint density at radius 2 is 1.60 bits per heavy atom. The predicted octanol–water partition coefficient (Wildman–Crippen LogP) is 3.60. The van der Waals surface area contributed by atoms with Gasteiger partial charge < -0.3 is 10.2 Å². The molecule has 0 heterocycles. The van der Waals surface area contributed by atoms with Gasteiger partial charge in [-0.25, -0.2) is 12.8 Å². The van der Waals surface area contributed by atoms with Gasteiger partial charge in [-0.05, 0) is 55.5 Å². The van der Waals surface area contributed by atoms with Crippen molar-refractivity contribution in [2.45, 2.75) is 46.1 Å². The van der Waals surface area contributed by atoms with Gasteiger partial charge >= 0.3 is 0 Å². The number of nitrogens with zero attached hydrogens (tertiary/aromatic N) is 2. The highest BCUT2D eigenvalue weighted by Gasteiger charge is 2.26. The summed E-state index contributed by atoms with van der Waals surface area (Å²) in [6.45, 7) is 6.66. The summed E-state index contributed by atoms with van der Waals surface area (Å²) in [5, 5.41) is 2.88. The van der Waals surface area contributed by atoms with Crippen molar-refractivity contribution < 1.29 is 22.4 Å². The summed E-state index contributed by atoms with van der Waals surface area (Å²) in [6, 6.07) is 14.2. The summed E-state index contributed by atoms with van der Waals surface area (Å²) in [5.41, 5.74) is 1.39. The van der Waals surface area contributed by atoms with Gasteiger partial charge in [-0.3, -0.25) is 13.9 Å². The lowest BCUT2D eigenvalue weighted by Gasteiger charge is -2.29. The molecule has 35 heavy (non-hydrogen) atoms. The normalized spacial score (nSPS) is 12.3. The molecule has 0 bridgehead atoms. The first-order valence-corrected chi connectivity index (χ1v) is 13.7. The first kappa shape index (κ1) is 28.3. The molecular formula is C26H36FN3O4S. The van der Waals surface area contributed by atoms with Crippen molar-refractivity contribution in [3.8, 4) is 0 Å². The molecule has 1 atom stereocenters. The molecule has 0 fully saturated rings. The van der Waals surface area contributed by atoms with Gasteiger partial charge in [0.2, 0.25) is 21.8 Å². The second kappa shape index (κ2) is 13.2. The maximum absolute atomic E-state index is 13.3. The zero-order valence-electron chi connectivity index (χ0n) is 20.9. The third kappa shape index (κ3) is 9.32. The Morgan fingerprint density at radius 3 is 2.17 bits per heavy atom. The zero-order valence-corrected chi connectivity index (χ0v) is 21.7. The van der Waals surface area contributed by atoms with E-state index in [0.717, 1.165) is 16.1 Å². The highest BCUT2D eigenvalue weighted by molar-refractivity contribution is 7.92. The average Bonchev–Trinajstić information content (AvgIpc) is 2.81. The van der Waals surface area contributed by atoms with Gasteiger partial charge in [0.1, 0.15) is 11.9 Å². The lowest BCUT2D eigenvalue weighted by Crippen LogP contribution is -2.49. The number of hydrogen-bond acceptors (Lipinski definition) is 4. The van der Waals surface area contributed by atoms with Gasteiger partial charge in [0.15, 0.2) is 0 Å². The van der Waals surface area contributed by atoms with E-state index >= 15 is 0 Å². The SMILES string of the molecule is CC(C)CNC(=O)C(C)N(CCc1ccccc1)C(=O)CCCN(c1ccc(F)cc1)S(C)(=O)=O. The summed E-state index contributed by atoms with van der Waals surface area (Å²) in [5.74, 6) is -0.617. The molecule has 0 aliphatic carbocycles. The fraction of sp³-hybridized carbons (Fsp3) is 0.462. The van der Waals surface area contributed by atoms with Crippen molar-refractivity contribution in [3.05, 3.63) is 66.0 Å². The first-order valence-electron chi connectivity index (χ1n) is 11.8. The summed E-state index contributed by atoms with van der Waals surface area (Å²) >= 11 is 0. The van der Waals surface area contributed by atoms with Gasteiger partial charge in [0.25, 0.3) is 0 Å². The minimum Gasteiger partial charge on any atom is -0.354 e. The van der Waals surface area contributed by atoms with Crippen LogP contribution in [0.2, 0.25) is 0 Å². The van der Waals surface area contributed by atoms with Crippen LogP contribution in [-0.2, 0) is 26.0 Å². The quantitative estimate of drug-likeness (QED) is 0.451. The van der Waals surface area contributed by atoms with E-state index in [1.807, 2.05) is 44.2 Å². The van der Waals surface area contributed by atoms with Crippen LogP contribution < -0.4 is 9.62 Å². The van der Waals surface area contributed by atoms with Crippen molar-refractivity contribution in [1.29, 1.82) is 0 Å². The Morgan fingerprint density at radius 1 is 0.971 bits per heavy atom. The second-order valence-electron chi connectivity index (χ2n) is 9.05. The van der Waals surface area contributed by atoms with Crippen LogP contribution in [0.4, 0.5) is 10.1 Å². The number of carbonyl (C=O) groups excluding carboxylic acids is 2. The molecule has 2 rings (SSSR count). The molecule has 2 aromatic rings. The van der Waals surface area contributed by atoms with Crippen molar-refractivity contribution in [3.63, 3.8) is 0 Å². The van der Waals surface area contributed by atoms with Gasteiger partial charge in [0, 0.05) is 26.1 Å². The number of amides is 2. The average molecular weight is 506 g/mol. The molecule has 2 aromatic carbocycles. The summed E-state index contributed by atoms with van der Waals surface area (Å²) in [7, 11) is -3.62. The van der Waals surface area contributed by atoms with E-state index in [2.05, 4.69) is 5.32 Å². The van der Waals surface area contributed by atoms with Crippen LogP contribution >= 0.6 is 0 Å². The molecule has 0 aliphatic heterocycles. The van der Waals surface area contributed by atoms with E-state index in [-0.39, 0.29) is 37.1 Å². The number of benzene rings is 2. The lowest BCUT2D eigenvalue weighted by molar-refractivity contribution is -0.140. The molecule has 1 N–H and O–H groups in total. The highest BCUT2D eigenvalue weighted by atomic mass is 32.2. The molecule has 0 aliphatic rings. The molecule has 0 radical (unpaired) electrons. The van der Waals surface area contributed by atoms with Gasteiger partial charge in [-0.1, -0.05) is 44.2 Å². The lowest BCUT2D eigenvalue weighted by atomic mass is 10.1. The van der Waals surface area contributed by atoms with Crippen LogP contribution in [0.5, 0.6) is 0 Å². The van der Waals surface area contributed by atoms with E-state index in [1.165, 1.54) is 24.3 Å². The Balaban J connectivity index is 2.09. The van der Waals surface area contributed by atoms with Crippen LogP contribution in [0, 0.1) is 11.7 Å². The number of anilines is 1. The van der Waals surface area contributed by atoms with E-state index in [0.29, 0.717) is 25.2 Å². The highest BCUT2D eigenvalue weighted by Crippen LogP contribution is 2.19. The van der Waals surface area contributed by atoms with Crippen LogP contribution in [0.25, 0.3) is 0 Å². The Labute approximate surface area is 208 Å². The topological polar surface area (TPSA) is 86.8 Å². The summed E-state index contributed by atoms with van der Waals surface area (Å²) in [6.07, 6.45) is 2.00. The van der Waals surface area contributed by atoms with Crippen LogP contribution in [0.1, 0.15) is 39.2 Å². The number of rotatable bonds is 13. The molecule has 192 valence electrons. The molecular weight excluding hydrogens is 469 g/mol. The maximum Gasteiger partial charge on any atom is 0.242 e. The van der Waals surface area contributed by atoms with Crippen LogP contribution in [0.15, 0.2) is 54.6 Å². The van der Waals surface area contributed by atoms with E-state index in [9.17, 15) is 22.4 Å². The van der Waals surface area contributed by atoms with Gasteiger partial charge in [0.05, 0.1) is 11.9 Å². The van der Waals surface area contributed by atoms with Crippen LogP contribution in [0.3, 0.4) is 0 Å². The third-order valence-corrected chi connectivity index (χ3v) is 6.80. The van der Waals surface area contributed by atoms with E-state index < -0.39 is 21.9 Å². The smallest absolute Gasteiger partial charge is 0.242 e. The maximum atomic E-state index is 13.3. The fourth-order valence-electron chi connectivity index (χ4n) is 3.63. The number of halogens is 1. The van der Waals surface area contributed by atoms with Gasteiger partial charge in [-0.15, -0.1) is 0 Å². The third-order valence-electron chi connectivity index (χ3n) is 5.60. The number of carbonyl (C=O) groups is 2. The largest absolute Gasteiger partial charge is 0.354 e. The predicted molar refractivity (Wildman–Crippen MR) is 137 cm³/mol. The number of nitrogens with one attached hydrogen (secondary N) is 1. The van der Waals surface area contributed by atoms with E-state index in [1.54, 1.807) is 11.8 Å². The minimum absolute atomic E-state index is 0.0661. The summed E-state index contributed by atoms with van der Waals surface area (Å²) in [4.78, 5) is 27.5. The Hall–Kier alpha value is -2.94. The fourth-order valence-corrected chi connectivity index (χ4v) is 4.60. The Bertz CT molecular complexity index is 1060. The first-order chi connectivity index (χ1) is 16.5. The minimum atomic E-state index is -3.62. The Kier molecular flexibility index (Phi) is 10.7. The van der Waals surface area contributed by atoms with Crippen LogP contribution in [-0.4, -0.2) is 57.1 Å². The molecule has 0 spiro atoms. The number of sulfonamides is 1. The zero-order chi connectivity index (χ0) is 26.0. The van der Waals surface area contributed by atoms with Crippen molar-refractivity contribution in [2.75, 3.05) is 30.2 Å². The van der Waals surface area contributed by atoms with E-state index in [4.69, 9.17) is 0 Å². The molecule has 9 heteroatoms. The van der Waals surface area contributed by atoms with Crippen molar-refractivity contribution >= 4 is 27.5 Å². The molecule has 0 saturated carbocycles. The molecule has 7 nitrogen and oxygen atoms in total. The molecule has 2 amide bonds. The molecule has 1 unspecified atom stereocenters. The monoisotopic (exact) mass is 505 g/mol. The standard InChI is InChI=1S/C26H36FN3O4S/c1-20(2)19-28-26(32)21(3)29(18-16-22-9-6-5-7-10-22)25(31)11-8-17-30(35(4,33)34)24-14-12-23(27)13-15-24/h5-7,9-10,12-15,20-21H,8,11,16-19H2,1-4H3,(H,28,32). The van der Waals surface area contributed by atoms with Crippen molar-refractivity contribution in [2.24, 2.45) is 5.92 Å².